The Kier molecular flexibility index (Phi) is 5.95. The molecule has 1 atom stereocenters. The number of benzene rings is 2. The van der Waals surface area contributed by atoms with E-state index in [0.717, 1.165) is 11.1 Å². The number of carbonyl (C=O) groups excluding carboxylic acids is 2. The van der Waals surface area contributed by atoms with Gasteiger partial charge in [-0.15, -0.1) is 0 Å². The normalized spacial score (nSPS) is 11.9. The van der Waals surface area contributed by atoms with Crippen LogP contribution < -0.4 is 11.1 Å². The highest BCUT2D eigenvalue weighted by atomic mass is 35.5. The highest BCUT2D eigenvalue weighted by Crippen LogP contribution is 2.22. The van der Waals surface area contributed by atoms with Crippen molar-refractivity contribution in [3.8, 4) is 11.4 Å². The Morgan fingerprint density at radius 1 is 1.10 bits per heavy atom. The van der Waals surface area contributed by atoms with E-state index in [-0.39, 0.29) is 0 Å². The van der Waals surface area contributed by atoms with Gasteiger partial charge < -0.3 is 16.0 Å². The third-order valence-electron chi connectivity index (χ3n) is 4.97. The molecule has 0 aliphatic carbocycles. The standard InChI is InChI=1S/C23H20ClN5O2/c24-16-4-1-3-14(13-16)7-8-19(21(25)30)28-23(31)17-5-2-6-18-20(17)29-22(27-18)15-9-11-26-12-10-15/h1-6,9-13,19H,7-8H2,(H2,25,30)(H,27,29)(H,28,31). The van der Waals surface area contributed by atoms with Crippen molar-refractivity contribution < 1.29 is 9.59 Å². The van der Waals surface area contributed by atoms with Crippen molar-refractivity contribution in [2.45, 2.75) is 18.9 Å². The smallest absolute Gasteiger partial charge is 0.254 e. The number of para-hydroxylation sites is 1. The number of pyridine rings is 1. The van der Waals surface area contributed by atoms with Gasteiger partial charge in [0, 0.05) is 23.0 Å². The largest absolute Gasteiger partial charge is 0.368 e. The van der Waals surface area contributed by atoms with Crippen LogP contribution in [-0.2, 0) is 11.2 Å². The first-order valence-electron chi connectivity index (χ1n) is 9.75. The van der Waals surface area contributed by atoms with E-state index in [0.29, 0.717) is 40.3 Å². The molecule has 0 radical (unpaired) electrons. The zero-order valence-electron chi connectivity index (χ0n) is 16.5. The Hall–Kier alpha value is -3.71. The maximum atomic E-state index is 13.0. The van der Waals surface area contributed by atoms with Gasteiger partial charge in [-0.3, -0.25) is 14.6 Å². The van der Waals surface area contributed by atoms with E-state index in [9.17, 15) is 9.59 Å². The zero-order chi connectivity index (χ0) is 21.8. The number of aromatic amines is 1. The second-order valence-corrected chi connectivity index (χ2v) is 7.56. The summed E-state index contributed by atoms with van der Waals surface area (Å²) >= 11 is 6.01. The Balaban J connectivity index is 1.54. The molecule has 2 amide bonds. The van der Waals surface area contributed by atoms with E-state index < -0.39 is 17.9 Å². The molecule has 4 N–H and O–H groups in total. The number of H-pyrrole nitrogens is 1. The number of hydrogen-bond acceptors (Lipinski definition) is 4. The number of fused-ring (bicyclic) bond motifs is 1. The summed E-state index contributed by atoms with van der Waals surface area (Å²) in [6.07, 6.45) is 4.26. The Morgan fingerprint density at radius 3 is 2.61 bits per heavy atom. The number of nitrogens with two attached hydrogens (primary N) is 1. The fraction of sp³-hybridized carbons (Fsp3) is 0.130. The molecule has 2 heterocycles. The topological polar surface area (TPSA) is 114 Å². The van der Waals surface area contributed by atoms with E-state index in [4.69, 9.17) is 17.3 Å². The zero-order valence-corrected chi connectivity index (χ0v) is 17.3. The molecule has 2 aromatic carbocycles. The summed E-state index contributed by atoms with van der Waals surface area (Å²) in [5.41, 5.74) is 8.96. The van der Waals surface area contributed by atoms with Crippen LogP contribution in [0.4, 0.5) is 0 Å². The van der Waals surface area contributed by atoms with Crippen molar-refractivity contribution in [2.24, 2.45) is 5.73 Å². The van der Waals surface area contributed by atoms with Crippen molar-refractivity contribution in [3.63, 3.8) is 0 Å². The summed E-state index contributed by atoms with van der Waals surface area (Å²) in [7, 11) is 0. The molecular weight excluding hydrogens is 414 g/mol. The second kappa shape index (κ2) is 8.97. The molecule has 31 heavy (non-hydrogen) atoms. The number of nitrogens with one attached hydrogen (secondary N) is 2. The van der Waals surface area contributed by atoms with Gasteiger partial charge in [-0.25, -0.2) is 4.98 Å². The molecule has 0 saturated heterocycles. The molecule has 0 saturated carbocycles. The minimum atomic E-state index is -0.819. The number of amides is 2. The number of carbonyl (C=O) groups is 2. The number of nitrogens with zero attached hydrogens (tertiary/aromatic N) is 2. The lowest BCUT2D eigenvalue weighted by Crippen LogP contribution is -2.44. The van der Waals surface area contributed by atoms with Gasteiger partial charge in [0.15, 0.2) is 0 Å². The van der Waals surface area contributed by atoms with Crippen molar-refractivity contribution in [1.29, 1.82) is 0 Å². The lowest BCUT2D eigenvalue weighted by Gasteiger charge is -2.16. The van der Waals surface area contributed by atoms with Crippen molar-refractivity contribution in [3.05, 3.63) is 83.1 Å². The minimum absolute atomic E-state index is 0.361. The highest BCUT2D eigenvalue weighted by Gasteiger charge is 2.21. The van der Waals surface area contributed by atoms with Crippen LogP contribution in [0.15, 0.2) is 67.0 Å². The SMILES string of the molecule is NC(=O)C(CCc1cccc(Cl)c1)NC(=O)c1cccc2[nH]c(-c3ccncc3)nc12. The number of imidazole rings is 1. The van der Waals surface area contributed by atoms with Crippen molar-refractivity contribution in [1.82, 2.24) is 20.3 Å². The van der Waals surface area contributed by atoms with Crippen LogP contribution in [0.3, 0.4) is 0 Å². The molecule has 1 unspecified atom stereocenters. The molecule has 0 aliphatic heterocycles. The molecule has 0 aliphatic rings. The lowest BCUT2D eigenvalue weighted by molar-refractivity contribution is -0.120. The van der Waals surface area contributed by atoms with Gasteiger partial charge in [0.05, 0.1) is 11.1 Å². The third kappa shape index (κ3) is 4.73. The quantitative estimate of drug-likeness (QED) is 0.414. The maximum absolute atomic E-state index is 13.0. The van der Waals surface area contributed by atoms with Gasteiger partial charge >= 0.3 is 0 Å². The predicted octanol–water partition coefficient (Wildman–Crippen LogP) is 3.49. The molecule has 0 bridgehead atoms. The van der Waals surface area contributed by atoms with E-state index in [1.807, 2.05) is 36.4 Å². The van der Waals surface area contributed by atoms with Crippen LogP contribution in [0, 0.1) is 0 Å². The van der Waals surface area contributed by atoms with Gasteiger partial charge in [-0.2, -0.15) is 0 Å². The van der Waals surface area contributed by atoms with Gasteiger partial charge in [0.2, 0.25) is 5.91 Å². The van der Waals surface area contributed by atoms with Crippen LogP contribution in [0.5, 0.6) is 0 Å². The van der Waals surface area contributed by atoms with Gasteiger partial charge in [-0.1, -0.05) is 29.8 Å². The molecule has 0 fully saturated rings. The van der Waals surface area contributed by atoms with Crippen molar-refractivity contribution >= 4 is 34.4 Å². The summed E-state index contributed by atoms with van der Waals surface area (Å²) in [6, 6.07) is 15.5. The van der Waals surface area contributed by atoms with Crippen LogP contribution in [0.2, 0.25) is 5.02 Å². The average molecular weight is 434 g/mol. The first kappa shape index (κ1) is 20.6. The number of rotatable bonds is 7. The summed E-state index contributed by atoms with van der Waals surface area (Å²) in [4.78, 5) is 36.7. The fourth-order valence-electron chi connectivity index (χ4n) is 3.39. The van der Waals surface area contributed by atoms with Crippen LogP contribution in [-0.4, -0.2) is 32.8 Å². The van der Waals surface area contributed by atoms with E-state index in [1.165, 1.54) is 0 Å². The van der Waals surface area contributed by atoms with Gasteiger partial charge in [0.1, 0.15) is 17.4 Å². The number of hydrogen-bond donors (Lipinski definition) is 3. The van der Waals surface area contributed by atoms with Gasteiger partial charge in [0.25, 0.3) is 5.91 Å². The summed E-state index contributed by atoms with van der Waals surface area (Å²) in [5, 5.41) is 3.37. The van der Waals surface area contributed by atoms with Gasteiger partial charge in [-0.05, 0) is 54.8 Å². The average Bonchev–Trinajstić information content (AvgIpc) is 3.21. The minimum Gasteiger partial charge on any atom is -0.368 e. The number of aromatic nitrogens is 3. The maximum Gasteiger partial charge on any atom is 0.254 e. The highest BCUT2D eigenvalue weighted by molar-refractivity contribution is 6.30. The van der Waals surface area contributed by atoms with Crippen LogP contribution >= 0.6 is 11.6 Å². The third-order valence-corrected chi connectivity index (χ3v) is 5.21. The molecule has 4 rings (SSSR count). The van der Waals surface area contributed by atoms with Crippen LogP contribution in [0.1, 0.15) is 22.3 Å². The van der Waals surface area contributed by atoms with E-state index in [2.05, 4.69) is 20.3 Å². The molecule has 7 nitrogen and oxygen atoms in total. The predicted molar refractivity (Wildman–Crippen MR) is 120 cm³/mol. The second-order valence-electron chi connectivity index (χ2n) is 7.12. The number of halogens is 1. The molecule has 2 aromatic heterocycles. The monoisotopic (exact) mass is 433 g/mol. The Morgan fingerprint density at radius 2 is 1.87 bits per heavy atom. The van der Waals surface area contributed by atoms with Crippen LogP contribution in [0.25, 0.3) is 22.4 Å². The molecule has 156 valence electrons. The Labute approximate surface area is 183 Å². The molecule has 4 aromatic rings. The first-order chi connectivity index (χ1) is 15.0. The van der Waals surface area contributed by atoms with E-state index in [1.54, 1.807) is 30.6 Å². The molecule has 8 heteroatoms. The molecule has 0 spiro atoms. The lowest BCUT2D eigenvalue weighted by atomic mass is 10.0. The number of primary amides is 1. The summed E-state index contributed by atoms with van der Waals surface area (Å²) in [5.74, 6) is -0.375. The molecular formula is C23H20ClN5O2. The number of aryl methyl sites for hydroxylation is 1. The Bertz CT molecular complexity index is 1240. The summed E-state index contributed by atoms with van der Waals surface area (Å²) < 4.78 is 0. The van der Waals surface area contributed by atoms with E-state index >= 15 is 0 Å². The first-order valence-corrected chi connectivity index (χ1v) is 10.1. The summed E-state index contributed by atoms with van der Waals surface area (Å²) in [6.45, 7) is 0. The van der Waals surface area contributed by atoms with Crippen molar-refractivity contribution in [2.75, 3.05) is 0 Å². The fourth-order valence-corrected chi connectivity index (χ4v) is 3.60.